The molecule has 0 atom stereocenters. The summed E-state index contributed by atoms with van der Waals surface area (Å²) in [5.74, 6) is 4.98. The number of allylic oxidation sites excluding steroid dienone is 1. The van der Waals surface area contributed by atoms with E-state index in [0.29, 0.717) is 6.10 Å². The van der Waals surface area contributed by atoms with Gasteiger partial charge in [-0.2, -0.15) is 0 Å². The molecule has 0 aromatic rings. The van der Waals surface area contributed by atoms with Gasteiger partial charge in [0.1, 0.15) is 0 Å². The van der Waals surface area contributed by atoms with E-state index in [0.717, 1.165) is 36.2 Å². The Kier molecular flexibility index (Phi) is 6.62. The van der Waals surface area contributed by atoms with Crippen LogP contribution in [-0.4, -0.2) is 12.7 Å². The fraction of sp³-hybridized carbons (Fsp3) is 0.909. The first-order chi connectivity index (χ1) is 11.3. The van der Waals surface area contributed by atoms with E-state index in [2.05, 4.69) is 19.6 Å². The summed E-state index contributed by atoms with van der Waals surface area (Å²) in [5, 5.41) is 0. The van der Waals surface area contributed by atoms with E-state index in [4.69, 9.17) is 4.74 Å². The number of hydrogen-bond acceptors (Lipinski definition) is 1. The van der Waals surface area contributed by atoms with Crippen molar-refractivity contribution in [2.75, 3.05) is 6.61 Å². The molecule has 3 aliphatic rings. The van der Waals surface area contributed by atoms with E-state index < -0.39 is 0 Å². The monoisotopic (exact) mass is 318 g/mol. The average Bonchev–Trinajstić information content (AvgIpc) is 2.63. The van der Waals surface area contributed by atoms with E-state index in [1.165, 1.54) is 77.0 Å². The predicted molar refractivity (Wildman–Crippen MR) is 98.5 cm³/mol. The van der Waals surface area contributed by atoms with Crippen molar-refractivity contribution in [3.05, 3.63) is 12.7 Å². The molecule has 3 rings (SSSR count). The van der Waals surface area contributed by atoms with Crippen LogP contribution in [0.5, 0.6) is 0 Å². The molecule has 3 fully saturated rings. The molecule has 23 heavy (non-hydrogen) atoms. The first-order valence-corrected chi connectivity index (χ1v) is 10.5. The van der Waals surface area contributed by atoms with Crippen LogP contribution in [0.25, 0.3) is 0 Å². The third kappa shape index (κ3) is 4.62. The van der Waals surface area contributed by atoms with Gasteiger partial charge in [-0.15, -0.1) is 6.58 Å². The van der Waals surface area contributed by atoms with Gasteiger partial charge < -0.3 is 4.74 Å². The third-order valence-electron chi connectivity index (χ3n) is 7.42. The second-order valence-corrected chi connectivity index (χ2v) is 8.58. The van der Waals surface area contributed by atoms with Gasteiger partial charge >= 0.3 is 0 Å². The molecule has 1 nitrogen and oxygen atoms in total. The molecule has 0 aromatic carbocycles. The van der Waals surface area contributed by atoms with Crippen molar-refractivity contribution < 1.29 is 4.74 Å². The zero-order valence-corrected chi connectivity index (χ0v) is 15.3. The van der Waals surface area contributed by atoms with Crippen LogP contribution < -0.4 is 0 Å². The van der Waals surface area contributed by atoms with E-state index in [-0.39, 0.29) is 0 Å². The lowest BCUT2D eigenvalue weighted by atomic mass is 9.65. The van der Waals surface area contributed by atoms with Crippen LogP contribution >= 0.6 is 0 Å². The molecule has 3 saturated carbocycles. The summed E-state index contributed by atoms with van der Waals surface area (Å²) in [6.07, 6.45) is 20.2. The zero-order valence-electron chi connectivity index (χ0n) is 15.3. The highest BCUT2D eigenvalue weighted by atomic mass is 16.5. The van der Waals surface area contributed by atoms with Crippen LogP contribution in [0.4, 0.5) is 0 Å². The van der Waals surface area contributed by atoms with E-state index in [1.54, 1.807) is 0 Å². The van der Waals surface area contributed by atoms with Gasteiger partial charge in [0, 0.05) is 6.61 Å². The van der Waals surface area contributed by atoms with Crippen LogP contribution in [0, 0.1) is 29.6 Å². The first kappa shape index (κ1) is 17.5. The Morgan fingerprint density at radius 3 is 1.48 bits per heavy atom. The van der Waals surface area contributed by atoms with Crippen molar-refractivity contribution in [3.63, 3.8) is 0 Å². The van der Waals surface area contributed by atoms with Crippen LogP contribution in [0.3, 0.4) is 0 Å². The smallest absolute Gasteiger partial charge is 0.0575 e. The molecule has 0 bridgehead atoms. The minimum absolute atomic E-state index is 0.577. The maximum absolute atomic E-state index is 5.83. The van der Waals surface area contributed by atoms with Gasteiger partial charge in [-0.3, -0.25) is 0 Å². The van der Waals surface area contributed by atoms with E-state index >= 15 is 0 Å². The first-order valence-electron chi connectivity index (χ1n) is 10.5. The highest BCUT2D eigenvalue weighted by molar-refractivity contribution is 4.89. The van der Waals surface area contributed by atoms with Gasteiger partial charge in [-0.1, -0.05) is 6.08 Å². The predicted octanol–water partition coefficient (Wildman–Crippen LogP) is 6.38. The van der Waals surface area contributed by atoms with Gasteiger partial charge in [0.05, 0.1) is 6.10 Å². The van der Waals surface area contributed by atoms with Gasteiger partial charge in [-0.05, 0) is 114 Å². The zero-order chi connectivity index (χ0) is 16.1. The molecular formula is C22H38O. The Hall–Kier alpha value is -0.300. The number of ether oxygens (including phenoxy) is 1. The maximum atomic E-state index is 5.83. The molecule has 0 N–H and O–H groups in total. The largest absolute Gasteiger partial charge is 0.379 e. The van der Waals surface area contributed by atoms with Gasteiger partial charge in [0.15, 0.2) is 0 Å². The Morgan fingerprint density at radius 2 is 1.09 bits per heavy atom. The quantitative estimate of drug-likeness (QED) is 0.534. The van der Waals surface area contributed by atoms with Crippen molar-refractivity contribution in [1.82, 2.24) is 0 Å². The van der Waals surface area contributed by atoms with Crippen LogP contribution in [-0.2, 0) is 4.74 Å². The van der Waals surface area contributed by atoms with Crippen molar-refractivity contribution in [3.8, 4) is 0 Å². The molecule has 0 spiro atoms. The summed E-state index contributed by atoms with van der Waals surface area (Å²) in [4.78, 5) is 0. The van der Waals surface area contributed by atoms with Crippen molar-refractivity contribution >= 4 is 0 Å². The third-order valence-corrected chi connectivity index (χ3v) is 7.42. The Morgan fingerprint density at radius 1 is 0.696 bits per heavy atom. The lowest BCUT2D eigenvalue weighted by molar-refractivity contribution is 0.0117. The Labute approximate surface area is 144 Å². The summed E-state index contributed by atoms with van der Waals surface area (Å²) < 4.78 is 5.83. The minimum Gasteiger partial charge on any atom is -0.379 e. The highest BCUT2D eigenvalue weighted by Crippen LogP contribution is 2.45. The molecule has 0 saturated heterocycles. The summed E-state index contributed by atoms with van der Waals surface area (Å²) in [5.41, 5.74) is 0. The van der Waals surface area contributed by atoms with Gasteiger partial charge in [0.25, 0.3) is 0 Å². The Bertz CT molecular complexity index is 339. The van der Waals surface area contributed by atoms with E-state index in [9.17, 15) is 0 Å². The molecule has 0 heterocycles. The summed E-state index contributed by atoms with van der Waals surface area (Å²) in [6.45, 7) is 7.02. The SMILES string of the molecule is C=CC1CCC(C2CCC(C3CCC(OCC)CC3)CC2)CC1. The van der Waals surface area contributed by atoms with Crippen LogP contribution in [0.15, 0.2) is 12.7 Å². The molecule has 0 amide bonds. The molecule has 0 radical (unpaired) electrons. The van der Waals surface area contributed by atoms with E-state index in [1.807, 2.05) is 0 Å². The average molecular weight is 319 g/mol. The second kappa shape index (κ2) is 8.70. The lowest BCUT2D eigenvalue weighted by Gasteiger charge is -2.41. The normalized spacial score (nSPS) is 42.3. The topological polar surface area (TPSA) is 9.23 Å². The fourth-order valence-electron chi connectivity index (χ4n) is 5.90. The molecule has 0 aliphatic heterocycles. The summed E-state index contributed by atoms with van der Waals surface area (Å²) >= 11 is 0. The standard InChI is InChI=1S/C22H38O/c1-3-17-5-7-18(8-6-17)19-9-11-20(12-10-19)21-13-15-22(16-14-21)23-4-2/h3,17-22H,1,4-16H2,2H3. The molecule has 3 aliphatic carbocycles. The van der Waals surface area contributed by atoms with Crippen LogP contribution in [0.1, 0.15) is 84.0 Å². The van der Waals surface area contributed by atoms with Gasteiger partial charge in [-0.25, -0.2) is 0 Å². The second-order valence-electron chi connectivity index (χ2n) is 8.58. The van der Waals surface area contributed by atoms with Gasteiger partial charge in [0.2, 0.25) is 0 Å². The molecule has 0 aromatic heterocycles. The fourth-order valence-corrected chi connectivity index (χ4v) is 5.90. The highest BCUT2D eigenvalue weighted by Gasteiger charge is 2.34. The minimum atomic E-state index is 0.577. The van der Waals surface area contributed by atoms with Crippen molar-refractivity contribution in [2.24, 2.45) is 29.6 Å². The maximum Gasteiger partial charge on any atom is 0.0575 e. The number of rotatable bonds is 5. The number of hydrogen-bond donors (Lipinski definition) is 0. The van der Waals surface area contributed by atoms with Crippen molar-refractivity contribution in [2.45, 2.75) is 90.1 Å². The Balaban J connectivity index is 1.38. The van der Waals surface area contributed by atoms with Crippen molar-refractivity contribution in [1.29, 1.82) is 0 Å². The van der Waals surface area contributed by atoms with Crippen LogP contribution in [0.2, 0.25) is 0 Å². The molecular weight excluding hydrogens is 280 g/mol. The lowest BCUT2D eigenvalue weighted by Crippen LogP contribution is -2.31. The summed E-state index contributed by atoms with van der Waals surface area (Å²) in [7, 11) is 0. The summed E-state index contributed by atoms with van der Waals surface area (Å²) in [6, 6.07) is 0. The molecule has 1 heteroatoms. The molecule has 0 unspecified atom stereocenters. The molecule has 132 valence electrons.